The van der Waals surface area contributed by atoms with Crippen LogP contribution in [0, 0.1) is 29.1 Å². The maximum Gasteiger partial charge on any atom is 0.338 e. The lowest BCUT2D eigenvalue weighted by molar-refractivity contribution is -0.219. The predicted molar refractivity (Wildman–Crippen MR) is 206 cm³/mol. The van der Waals surface area contributed by atoms with E-state index in [1.165, 1.54) is 19.3 Å². The normalized spacial score (nSPS) is 32.9. The third-order valence-corrected chi connectivity index (χ3v) is 12.5. The number of fused-ring (bicyclic) bond motifs is 5. The number of allylic oxidation sites excluding steroid dienone is 6. The Morgan fingerprint density at radius 1 is 0.906 bits per heavy atom. The predicted octanol–water partition coefficient (Wildman–Crippen LogP) is 7.94. The summed E-state index contributed by atoms with van der Waals surface area (Å²) in [5.74, 6) is -4.69. The van der Waals surface area contributed by atoms with Gasteiger partial charge in [-0.1, -0.05) is 107 Å². The molecule has 288 valence electrons. The molecular formula is C45H60O8. The number of esters is 2. The Morgan fingerprint density at radius 3 is 2.15 bits per heavy atom. The molecule has 2 fully saturated rings. The van der Waals surface area contributed by atoms with Gasteiger partial charge in [0.15, 0.2) is 11.4 Å². The highest BCUT2D eigenvalue weighted by Gasteiger charge is 2.88. The van der Waals surface area contributed by atoms with Crippen molar-refractivity contribution in [2.75, 3.05) is 6.61 Å². The van der Waals surface area contributed by atoms with E-state index in [1.54, 1.807) is 56.3 Å². The van der Waals surface area contributed by atoms with Crippen LogP contribution in [0.5, 0.6) is 0 Å². The van der Waals surface area contributed by atoms with Crippen molar-refractivity contribution >= 4 is 17.7 Å². The van der Waals surface area contributed by atoms with Gasteiger partial charge in [-0.3, -0.25) is 9.59 Å². The first-order valence-corrected chi connectivity index (χ1v) is 19.7. The second kappa shape index (κ2) is 16.8. The van der Waals surface area contributed by atoms with E-state index in [0.29, 0.717) is 23.1 Å². The van der Waals surface area contributed by atoms with E-state index in [-0.39, 0.29) is 12.8 Å². The molecule has 1 aromatic carbocycles. The van der Waals surface area contributed by atoms with Crippen molar-refractivity contribution < 1.29 is 39.2 Å². The summed E-state index contributed by atoms with van der Waals surface area (Å²) in [6, 6.07) is 8.54. The highest BCUT2D eigenvalue weighted by atomic mass is 16.6. The van der Waals surface area contributed by atoms with Crippen LogP contribution in [-0.4, -0.2) is 62.6 Å². The molecule has 0 bridgehead atoms. The van der Waals surface area contributed by atoms with Crippen LogP contribution in [0.25, 0.3) is 0 Å². The average Bonchev–Trinajstić information content (AvgIpc) is 3.56. The van der Waals surface area contributed by atoms with E-state index >= 15 is 0 Å². The Morgan fingerprint density at radius 2 is 1.53 bits per heavy atom. The van der Waals surface area contributed by atoms with Crippen molar-refractivity contribution in [1.29, 1.82) is 0 Å². The number of aliphatic hydroxyl groups excluding tert-OH is 1. The van der Waals surface area contributed by atoms with E-state index in [4.69, 9.17) is 9.47 Å². The zero-order valence-electron chi connectivity index (χ0n) is 32.3. The Balaban J connectivity index is 1.31. The molecular weight excluding hydrogens is 668 g/mol. The smallest absolute Gasteiger partial charge is 0.338 e. The number of hydrogen-bond donors (Lipinski definition) is 3. The lowest BCUT2D eigenvalue weighted by Crippen LogP contribution is -2.66. The molecule has 8 heteroatoms. The summed E-state index contributed by atoms with van der Waals surface area (Å²) >= 11 is 0. The molecule has 0 unspecified atom stereocenters. The van der Waals surface area contributed by atoms with E-state index in [2.05, 4.69) is 43.4 Å². The number of unbranched alkanes of at least 4 members (excludes halogenated alkanes) is 5. The van der Waals surface area contributed by atoms with Gasteiger partial charge >= 0.3 is 11.9 Å². The van der Waals surface area contributed by atoms with Crippen LogP contribution in [0.1, 0.15) is 116 Å². The number of aliphatic hydroxyl groups is 3. The zero-order valence-corrected chi connectivity index (χ0v) is 32.3. The average molecular weight is 729 g/mol. The molecule has 8 atom stereocenters. The van der Waals surface area contributed by atoms with Gasteiger partial charge in [0.2, 0.25) is 0 Å². The summed E-state index contributed by atoms with van der Waals surface area (Å²) in [4.78, 5) is 40.9. The third-order valence-electron chi connectivity index (χ3n) is 12.5. The van der Waals surface area contributed by atoms with Crippen LogP contribution in [0.3, 0.4) is 0 Å². The monoisotopic (exact) mass is 728 g/mol. The Kier molecular flexibility index (Phi) is 12.9. The molecule has 53 heavy (non-hydrogen) atoms. The summed E-state index contributed by atoms with van der Waals surface area (Å²) in [6.07, 6.45) is 24.5. The number of carbonyl (C=O) groups is 3. The largest absolute Gasteiger partial charge is 0.454 e. The minimum atomic E-state index is -1.98. The highest BCUT2D eigenvalue weighted by molar-refractivity contribution is 6.05. The molecule has 4 aliphatic carbocycles. The zero-order chi connectivity index (χ0) is 38.4. The number of ketones is 1. The van der Waals surface area contributed by atoms with E-state index in [0.717, 1.165) is 32.1 Å². The number of ether oxygens (including phenoxy) is 2. The van der Waals surface area contributed by atoms with Gasteiger partial charge in [-0.25, -0.2) is 4.79 Å². The van der Waals surface area contributed by atoms with Crippen LogP contribution >= 0.6 is 0 Å². The summed E-state index contributed by atoms with van der Waals surface area (Å²) in [5.41, 5.74) is -4.73. The van der Waals surface area contributed by atoms with Crippen LogP contribution in [0.4, 0.5) is 0 Å². The minimum Gasteiger partial charge on any atom is -0.454 e. The number of rotatable bonds is 17. The first-order chi connectivity index (χ1) is 25.3. The van der Waals surface area contributed by atoms with Crippen molar-refractivity contribution in [1.82, 2.24) is 0 Å². The van der Waals surface area contributed by atoms with Crippen molar-refractivity contribution in [3.8, 4) is 0 Å². The van der Waals surface area contributed by atoms with Crippen molar-refractivity contribution in [3.63, 3.8) is 0 Å². The Bertz CT molecular complexity index is 1630. The summed E-state index contributed by atoms with van der Waals surface area (Å²) < 4.78 is 12.8. The Labute approximate surface area is 315 Å². The quantitative estimate of drug-likeness (QED) is 0.0838. The summed E-state index contributed by atoms with van der Waals surface area (Å²) in [7, 11) is 0. The molecule has 8 nitrogen and oxygen atoms in total. The lowest BCUT2D eigenvalue weighted by atomic mass is 9.59. The van der Waals surface area contributed by atoms with E-state index in [1.807, 2.05) is 13.8 Å². The van der Waals surface area contributed by atoms with Gasteiger partial charge < -0.3 is 24.8 Å². The maximum atomic E-state index is 13.7. The van der Waals surface area contributed by atoms with Gasteiger partial charge in [-0.05, 0) is 75.1 Å². The van der Waals surface area contributed by atoms with Gasteiger partial charge in [-0.2, -0.15) is 0 Å². The first-order valence-electron chi connectivity index (χ1n) is 19.7. The minimum absolute atomic E-state index is 0.137. The van der Waals surface area contributed by atoms with Gasteiger partial charge in [0.25, 0.3) is 0 Å². The third kappa shape index (κ3) is 7.69. The van der Waals surface area contributed by atoms with Gasteiger partial charge in [0.1, 0.15) is 11.7 Å². The number of carbonyl (C=O) groups excluding carboxylic acids is 3. The van der Waals surface area contributed by atoms with E-state index < -0.39 is 76.3 Å². The van der Waals surface area contributed by atoms with Crippen molar-refractivity contribution in [3.05, 3.63) is 95.6 Å². The molecule has 0 radical (unpaired) electrons. The second-order valence-electron chi connectivity index (χ2n) is 16.2. The topological polar surface area (TPSA) is 130 Å². The molecule has 0 heterocycles. The van der Waals surface area contributed by atoms with Crippen LogP contribution < -0.4 is 0 Å². The molecule has 5 rings (SSSR count). The van der Waals surface area contributed by atoms with Crippen molar-refractivity contribution in [2.45, 2.75) is 128 Å². The number of benzene rings is 1. The number of Topliss-reactive ketones (excluding diaryl/α,β-unsaturated/α-hetero) is 1. The number of hydrogen-bond acceptors (Lipinski definition) is 8. The maximum absolute atomic E-state index is 13.7. The summed E-state index contributed by atoms with van der Waals surface area (Å²) in [5, 5.41) is 35.4. The SMILES string of the molecule is CCCCC/C=C/C/C=C\C/C=C\CCCCC(=O)O[C@@]12[C@H](OC(=O)c3ccccc3)[C@@H](C)[C@@]3(O)[C@@H](C=C(CO)C[C@]4(O)C(=O)C(C)=C[C@@H]34)[C@@H]1C2(C)C. The fraction of sp³-hybridized carbons (Fsp3) is 0.578. The molecule has 1 aromatic rings. The molecule has 0 spiro atoms. The van der Waals surface area contributed by atoms with Crippen LogP contribution in [-0.2, 0) is 19.1 Å². The van der Waals surface area contributed by atoms with E-state index in [9.17, 15) is 29.7 Å². The molecule has 0 aliphatic heterocycles. The first kappa shape index (κ1) is 40.6. The molecule has 0 saturated heterocycles. The van der Waals surface area contributed by atoms with Gasteiger partial charge in [0, 0.05) is 41.9 Å². The lowest BCUT2D eigenvalue weighted by Gasteiger charge is -2.53. The fourth-order valence-electron chi connectivity index (χ4n) is 9.64. The molecule has 3 N–H and O–H groups in total. The van der Waals surface area contributed by atoms with Crippen LogP contribution in [0.15, 0.2) is 90.1 Å². The van der Waals surface area contributed by atoms with Gasteiger partial charge in [0.05, 0.1) is 17.8 Å². The fourth-order valence-corrected chi connectivity index (χ4v) is 9.64. The molecule has 4 aliphatic rings. The Hall–Kier alpha value is -3.59. The highest BCUT2D eigenvalue weighted by Crippen LogP contribution is 2.77. The molecule has 2 saturated carbocycles. The van der Waals surface area contributed by atoms with Crippen LogP contribution in [0.2, 0.25) is 0 Å². The second-order valence-corrected chi connectivity index (χ2v) is 16.2. The molecule has 0 amide bonds. The standard InChI is InChI=1S/C45H60O8/c1-6-7-8-9-10-11-12-13-14-15-16-17-18-19-23-26-37(47)53-45-38(42(45,4)5)35-28-33(30-46)29-43(50)36(27-31(2)39(43)48)44(35,51)32(3)40(45)52-41(49)34-24-21-20-22-25-34/h10-11,13-14,16-17,20-22,24-25,27-28,32,35-36,38,40,46,50-51H,6-9,12,15,18-19,23,26,29-30H2,1-5H3/b11-10+,14-13-,17-16-/t32-,35+,36-,38-,40-,43-,44-,45-/m1/s1. The van der Waals surface area contributed by atoms with Crippen molar-refractivity contribution in [2.24, 2.45) is 29.1 Å². The summed E-state index contributed by atoms with van der Waals surface area (Å²) in [6.45, 7) is 9.06. The molecule has 0 aromatic heterocycles. The van der Waals surface area contributed by atoms with Gasteiger partial charge in [-0.15, -0.1) is 0 Å².